The number of carbonyl (C=O) groups is 2. The van der Waals surface area contributed by atoms with E-state index in [4.69, 9.17) is 4.42 Å². The third-order valence-corrected chi connectivity index (χ3v) is 3.64. The lowest BCUT2D eigenvalue weighted by Gasteiger charge is -2.07. The van der Waals surface area contributed by atoms with E-state index in [0.29, 0.717) is 11.4 Å². The first kappa shape index (κ1) is 17.8. The third-order valence-electron chi connectivity index (χ3n) is 3.64. The second-order valence-corrected chi connectivity index (χ2v) is 5.64. The molecule has 0 radical (unpaired) electrons. The van der Waals surface area contributed by atoms with Crippen molar-refractivity contribution >= 4 is 39.6 Å². The van der Waals surface area contributed by atoms with Crippen LogP contribution in [0.3, 0.4) is 0 Å². The van der Waals surface area contributed by atoms with Crippen LogP contribution >= 0.6 is 0 Å². The zero-order valence-corrected chi connectivity index (χ0v) is 14.0. The number of fused-ring (bicyclic) bond motifs is 1. The zero-order valence-electron chi connectivity index (χ0n) is 14.0. The molecule has 0 spiro atoms. The highest BCUT2D eigenvalue weighted by molar-refractivity contribution is 6.04. The molecular weight excluding hydrogens is 354 g/mol. The predicted octanol–water partition coefficient (Wildman–Crippen LogP) is 2.91. The lowest BCUT2D eigenvalue weighted by atomic mass is 10.1. The van der Waals surface area contributed by atoms with Crippen molar-refractivity contribution < 1.29 is 18.9 Å². The lowest BCUT2D eigenvalue weighted by molar-refractivity contribution is -0.384. The smallest absolute Gasteiger partial charge is 0.344 e. The number of nitro groups is 1. The quantitative estimate of drug-likeness (QED) is 0.538. The van der Waals surface area contributed by atoms with Gasteiger partial charge >= 0.3 is 5.63 Å². The fraction of sp³-hybridized carbons (Fsp3) is 0.0556. The van der Waals surface area contributed by atoms with Crippen molar-refractivity contribution in [2.45, 2.75) is 6.92 Å². The number of benzene rings is 2. The summed E-state index contributed by atoms with van der Waals surface area (Å²) in [5, 5.41) is 16.4. The molecule has 0 fully saturated rings. The summed E-state index contributed by atoms with van der Waals surface area (Å²) in [5.41, 5.74) is 0.00232. The van der Waals surface area contributed by atoms with E-state index in [1.54, 1.807) is 24.3 Å². The Hall–Kier alpha value is -4.01. The highest BCUT2D eigenvalue weighted by Gasteiger charge is 2.15. The van der Waals surface area contributed by atoms with Crippen LogP contribution in [-0.2, 0) is 4.79 Å². The molecule has 2 aromatic carbocycles. The van der Waals surface area contributed by atoms with Crippen LogP contribution in [-0.4, -0.2) is 16.7 Å². The zero-order chi connectivity index (χ0) is 19.6. The van der Waals surface area contributed by atoms with E-state index in [-0.39, 0.29) is 28.1 Å². The Labute approximate surface area is 151 Å². The normalized spacial score (nSPS) is 10.4. The summed E-state index contributed by atoms with van der Waals surface area (Å²) in [6, 6.07) is 11.3. The Bertz CT molecular complexity index is 1120. The molecule has 2 amide bonds. The first-order valence-corrected chi connectivity index (χ1v) is 7.75. The van der Waals surface area contributed by atoms with Gasteiger partial charge in [0.25, 0.3) is 11.6 Å². The molecule has 2 N–H and O–H groups in total. The van der Waals surface area contributed by atoms with Crippen LogP contribution in [0.5, 0.6) is 0 Å². The molecular formula is C18H13N3O6. The van der Waals surface area contributed by atoms with Crippen molar-refractivity contribution in [1.29, 1.82) is 0 Å². The highest BCUT2D eigenvalue weighted by atomic mass is 16.6. The summed E-state index contributed by atoms with van der Waals surface area (Å²) in [6.07, 6.45) is 0. The Kier molecular flexibility index (Phi) is 4.67. The number of amides is 2. The molecule has 136 valence electrons. The van der Waals surface area contributed by atoms with Gasteiger partial charge in [0, 0.05) is 30.4 Å². The number of carbonyl (C=O) groups excluding carboxylic acids is 2. The van der Waals surface area contributed by atoms with E-state index in [2.05, 4.69) is 10.6 Å². The summed E-state index contributed by atoms with van der Waals surface area (Å²) in [7, 11) is 0. The largest absolute Gasteiger partial charge is 0.417 e. The Morgan fingerprint density at radius 2 is 1.63 bits per heavy atom. The number of nitrogens with zero attached hydrogens (tertiary/aromatic N) is 1. The van der Waals surface area contributed by atoms with Crippen LogP contribution in [0, 0.1) is 10.1 Å². The fourth-order valence-electron chi connectivity index (χ4n) is 2.44. The average Bonchev–Trinajstić information content (AvgIpc) is 2.62. The van der Waals surface area contributed by atoms with Crippen LogP contribution in [0.4, 0.5) is 17.1 Å². The maximum Gasteiger partial charge on any atom is 0.344 e. The minimum Gasteiger partial charge on any atom is -0.417 e. The summed E-state index contributed by atoms with van der Waals surface area (Å²) in [5.74, 6) is -1.19. The first-order chi connectivity index (χ1) is 12.8. The number of hydrogen-bond donors (Lipinski definition) is 2. The second kappa shape index (κ2) is 7.08. The standard InChI is InChI=1S/C18H13N3O6/c1-10(22)19-12-2-4-13(5-3-12)20-17(23)16-9-11-8-14(21(25)26)6-7-15(11)18(24)27-16/h2-9H,1H3,(H,19,22)(H,20,23). The van der Waals surface area contributed by atoms with Gasteiger partial charge in [-0.2, -0.15) is 0 Å². The topological polar surface area (TPSA) is 132 Å². The predicted molar refractivity (Wildman–Crippen MR) is 97.8 cm³/mol. The van der Waals surface area contributed by atoms with E-state index in [1.807, 2.05) is 0 Å². The van der Waals surface area contributed by atoms with Gasteiger partial charge in [-0.15, -0.1) is 0 Å². The van der Waals surface area contributed by atoms with Gasteiger partial charge in [0.1, 0.15) is 0 Å². The van der Waals surface area contributed by atoms with Crippen molar-refractivity contribution in [2.24, 2.45) is 0 Å². The van der Waals surface area contributed by atoms with Crippen LogP contribution < -0.4 is 16.3 Å². The number of non-ortho nitro benzene ring substituents is 1. The molecule has 0 bridgehead atoms. The molecule has 0 aliphatic carbocycles. The Morgan fingerprint density at radius 1 is 1.00 bits per heavy atom. The van der Waals surface area contributed by atoms with Crippen molar-refractivity contribution in [2.75, 3.05) is 10.6 Å². The first-order valence-electron chi connectivity index (χ1n) is 7.75. The average molecular weight is 367 g/mol. The molecule has 0 saturated heterocycles. The van der Waals surface area contributed by atoms with Gasteiger partial charge in [-0.05, 0) is 41.8 Å². The number of anilines is 2. The SMILES string of the molecule is CC(=O)Nc1ccc(NC(=O)c2cc3cc([N+](=O)[O-])ccc3c(=O)o2)cc1. The molecule has 0 aliphatic rings. The summed E-state index contributed by atoms with van der Waals surface area (Å²) in [4.78, 5) is 45.7. The van der Waals surface area contributed by atoms with Gasteiger partial charge in [0.15, 0.2) is 5.76 Å². The third kappa shape index (κ3) is 3.98. The number of hydrogen-bond acceptors (Lipinski definition) is 6. The van der Waals surface area contributed by atoms with Gasteiger partial charge < -0.3 is 15.1 Å². The Morgan fingerprint density at radius 3 is 2.22 bits per heavy atom. The summed E-state index contributed by atoms with van der Waals surface area (Å²) >= 11 is 0. The van der Waals surface area contributed by atoms with Crippen molar-refractivity contribution in [3.8, 4) is 0 Å². The maximum atomic E-state index is 12.3. The highest BCUT2D eigenvalue weighted by Crippen LogP contribution is 2.20. The van der Waals surface area contributed by atoms with Crippen molar-refractivity contribution in [3.63, 3.8) is 0 Å². The molecule has 3 aromatic rings. The van der Waals surface area contributed by atoms with Crippen LogP contribution in [0.15, 0.2) is 57.7 Å². The lowest BCUT2D eigenvalue weighted by Crippen LogP contribution is -2.15. The van der Waals surface area contributed by atoms with Crippen molar-refractivity contribution in [3.05, 3.63) is 74.8 Å². The van der Waals surface area contributed by atoms with E-state index >= 15 is 0 Å². The van der Waals surface area contributed by atoms with Crippen LogP contribution in [0.25, 0.3) is 10.8 Å². The van der Waals surface area contributed by atoms with Crippen molar-refractivity contribution in [1.82, 2.24) is 0 Å². The minimum atomic E-state index is -0.770. The number of nitrogens with one attached hydrogen (secondary N) is 2. The summed E-state index contributed by atoms with van der Waals surface area (Å²) < 4.78 is 5.01. The van der Waals surface area contributed by atoms with Crippen LogP contribution in [0.1, 0.15) is 17.5 Å². The molecule has 9 heteroatoms. The summed E-state index contributed by atoms with van der Waals surface area (Å²) in [6.45, 7) is 1.38. The number of rotatable bonds is 4. The molecule has 0 aliphatic heterocycles. The second-order valence-electron chi connectivity index (χ2n) is 5.64. The van der Waals surface area contributed by atoms with Gasteiger partial charge in [0.2, 0.25) is 5.91 Å². The van der Waals surface area contributed by atoms with Gasteiger partial charge in [-0.1, -0.05) is 0 Å². The molecule has 27 heavy (non-hydrogen) atoms. The molecule has 9 nitrogen and oxygen atoms in total. The molecule has 0 atom stereocenters. The fourth-order valence-corrected chi connectivity index (χ4v) is 2.44. The molecule has 3 rings (SSSR count). The van der Waals surface area contributed by atoms with E-state index in [0.717, 1.165) is 0 Å². The van der Waals surface area contributed by atoms with Gasteiger partial charge in [-0.3, -0.25) is 19.7 Å². The van der Waals surface area contributed by atoms with Gasteiger partial charge in [0.05, 0.1) is 10.3 Å². The molecule has 0 unspecified atom stereocenters. The van der Waals surface area contributed by atoms with Gasteiger partial charge in [-0.25, -0.2) is 4.79 Å². The van der Waals surface area contributed by atoms with E-state index < -0.39 is 16.5 Å². The van der Waals surface area contributed by atoms with Crippen LogP contribution in [0.2, 0.25) is 0 Å². The monoisotopic (exact) mass is 367 g/mol. The molecule has 1 aromatic heterocycles. The van der Waals surface area contributed by atoms with E-state index in [9.17, 15) is 24.5 Å². The minimum absolute atomic E-state index is 0.136. The van der Waals surface area contributed by atoms with E-state index in [1.165, 1.54) is 31.2 Å². The maximum absolute atomic E-state index is 12.3. The molecule has 1 heterocycles. The molecule has 0 saturated carbocycles. The Balaban J connectivity index is 1.87. The number of nitro benzene ring substituents is 1.